The summed E-state index contributed by atoms with van der Waals surface area (Å²) in [5, 5.41) is 0.667. The van der Waals surface area contributed by atoms with Gasteiger partial charge in [-0.05, 0) is 51.3 Å². The zero-order valence-corrected chi connectivity index (χ0v) is 13.5. The summed E-state index contributed by atoms with van der Waals surface area (Å²) in [7, 11) is 4.14. The van der Waals surface area contributed by atoms with E-state index in [0.717, 1.165) is 38.2 Å². The lowest BCUT2D eigenvalue weighted by molar-refractivity contribution is 0.0962. The summed E-state index contributed by atoms with van der Waals surface area (Å²) in [6.45, 7) is 6.07. The zero-order chi connectivity index (χ0) is 15.0. The Morgan fingerprint density at radius 1 is 1.05 bits per heavy atom. The molecule has 0 aromatic heterocycles. The van der Waals surface area contributed by atoms with Crippen molar-refractivity contribution in [1.29, 1.82) is 0 Å². The van der Waals surface area contributed by atoms with Gasteiger partial charge >= 0.3 is 0 Å². The van der Waals surface area contributed by atoms with Crippen LogP contribution in [0.15, 0.2) is 24.3 Å². The van der Waals surface area contributed by atoms with Gasteiger partial charge in [-0.1, -0.05) is 18.5 Å². The third-order valence-corrected chi connectivity index (χ3v) is 3.48. The Morgan fingerprint density at radius 2 is 1.70 bits per heavy atom. The second kappa shape index (κ2) is 9.11. The fraction of sp³-hybridized carbons (Fsp3) is 0.562. The van der Waals surface area contributed by atoms with E-state index in [9.17, 15) is 4.79 Å². The normalized spacial score (nSPS) is 11.3. The van der Waals surface area contributed by atoms with Crippen LogP contribution in [0.2, 0.25) is 5.02 Å². The molecular weight excluding hydrogens is 272 g/mol. The molecule has 0 N–H and O–H groups in total. The highest BCUT2D eigenvalue weighted by Crippen LogP contribution is 2.11. The van der Waals surface area contributed by atoms with Gasteiger partial charge in [0.25, 0.3) is 0 Å². The van der Waals surface area contributed by atoms with Gasteiger partial charge in [-0.2, -0.15) is 0 Å². The van der Waals surface area contributed by atoms with E-state index in [1.807, 2.05) is 0 Å². The van der Waals surface area contributed by atoms with Crippen LogP contribution in [0.25, 0.3) is 0 Å². The Balaban J connectivity index is 2.45. The summed E-state index contributed by atoms with van der Waals surface area (Å²) < 4.78 is 0. The molecule has 0 amide bonds. The number of rotatable bonds is 9. The van der Waals surface area contributed by atoms with Gasteiger partial charge in [0.15, 0.2) is 5.78 Å². The minimum atomic E-state index is 0.188. The molecule has 1 aromatic rings. The monoisotopic (exact) mass is 296 g/mol. The molecule has 0 aliphatic rings. The Morgan fingerprint density at radius 3 is 2.25 bits per heavy atom. The molecule has 112 valence electrons. The summed E-state index contributed by atoms with van der Waals surface area (Å²) in [6.07, 6.45) is 1.68. The molecule has 0 bridgehead atoms. The molecule has 20 heavy (non-hydrogen) atoms. The van der Waals surface area contributed by atoms with Crippen LogP contribution in [0.5, 0.6) is 0 Å². The molecule has 0 aliphatic carbocycles. The zero-order valence-electron chi connectivity index (χ0n) is 12.7. The first-order valence-corrected chi connectivity index (χ1v) is 7.56. The number of carbonyl (C=O) groups is 1. The molecule has 0 radical (unpaired) electrons. The maximum absolute atomic E-state index is 12.1. The molecule has 0 saturated heterocycles. The van der Waals surface area contributed by atoms with Crippen LogP contribution >= 0.6 is 11.6 Å². The van der Waals surface area contributed by atoms with E-state index in [2.05, 4.69) is 30.8 Å². The SMILES string of the molecule is CCCN(CCC(=O)c1ccc(Cl)cc1)CCN(C)C. The summed E-state index contributed by atoms with van der Waals surface area (Å²) in [6, 6.07) is 7.14. The van der Waals surface area contributed by atoms with Gasteiger partial charge in [0.1, 0.15) is 0 Å². The van der Waals surface area contributed by atoms with Gasteiger partial charge in [0.05, 0.1) is 0 Å². The molecular formula is C16H25ClN2O. The lowest BCUT2D eigenvalue weighted by Gasteiger charge is -2.23. The van der Waals surface area contributed by atoms with E-state index in [1.165, 1.54) is 0 Å². The van der Waals surface area contributed by atoms with Crippen molar-refractivity contribution in [2.45, 2.75) is 19.8 Å². The van der Waals surface area contributed by atoms with Crippen LogP contribution in [-0.4, -0.2) is 55.9 Å². The second-order valence-electron chi connectivity index (χ2n) is 5.32. The van der Waals surface area contributed by atoms with Crippen molar-refractivity contribution in [3.63, 3.8) is 0 Å². The minimum Gasteiger partial charge on any atom is -0.308 e. The molecule has 4 heteroatoms. The Kier molecular flexibility index (Phi) is 7.82. The fourth-order valence-corrected chi connectivity index (χ4v) is 2.16. The Labute approximate surface area is 127 Å². The van der Waals surface area contributed by atoms with Crippen LogP contribution in [-0.2, 0) is 0 Å². The number of ketones is 1. The fourth-order valence-electron chi connectivity index (χ4n) is 2.03. The van der Waals surface area contributed by atoms with Crippen molar-refractivity contribution in [1.82, 2.24) is 9.80 Å². The Hall–Kier alpha value is -0.900. The van der Waals surface area contributed by atoms with Crippen molar-refractivity contribution >= 4 is 17.4 Å². The predicted molar refractivity (Wildman–Crippen MR) is 85.7 cm³/mol. The lowest BCUT2D eigenvalue weighted by atomic mass is 10.1. The van der Waals surface area contributed by atoms with E-state index in [0.29, 0.717) is 11.4 Å². The van der Waals surface area contributed by atoms with Crippen LogP contribution < -0.4 is 0 Å². The lowest BCUT2D eigenvalue weighted by Crippen LogP contribution is -2.34. The molecule has 1 aromatic carbocycles. The number of likely N-dealkylation sites (N-methyl/N-ethyl adjacent to an activating group) is 1. The molecule has 0 fully saturated rings. The highest BCUT2D eigenvalue weighted by atomic mass is 35.5. The number of Topliss-reactive ketones (excluding diaryl/α,β-unsaturated/α-hetero) is 1. The molecule has 3 nitrogen and oxygen atoms in total. The summed E-state index contributed by atoms with van der Waals surface area (Å²) in [5.41, 5.74) is 0.749. The minimum absolute atomic E-state index is 0.188. The maximum Gasteiger partial charge on any atom is 0.164 e. The van der Waals surface area contributed by atoms with Crippen LogP contribution in [0.1, 0.15) is 30.1 Å². The average Bonchev–Trinajstić information content (AvgIpc) is 2.42. The smallest absolute Gasteiger partial charge is 0.164 e. The van der Waals surface area contributed by atoms with Crippen molar-refractivity contribution in [2.75, 3.05) is 40.3 Å². The summed E-state index contributed by atoms with van der Waals surface area (Å²) in [5.74, 6) is 0.188. The second-order valence-corrected chi connectivity index (χ2v) is 5.76. The Bertz CT molecular complexity index is 403. The molecule has 0 unspecified atom stereocenters. The largest absolute Gasteiger partial charge is 0.308 e. The van der Waals surface area contributed by atoms with Gasteiger partial charge in [0.2, 0.25) is 0 Å². The van der Waals surface area contributed by atoms with E-state index in [1.54, 1.807) is 24.3 Å². The number of carbonyl (C=O) groups excluding carboxylic acids is 1. The van der Waals surface area contributed by atoms with Crippen LogP contribution in [0, 0.1) is 0 Å². The third kappa shape index (κ3) is 6.51. The number of hydrogen-bond acceptors (Lipinski definition) is 3. The van der Waals surface area contributed by atoms with E-state index < -0.39 is 0 Å². The van der Waals surface area contributed by atoms with Crippen LogP contribution in [0.3, 0.4) is 0 Å². The first-order valence-electron chi connectivity index (χ1n) is 7.18. The number of halogens is 1. The van der Waals surface area contributed by atoms with E-state index >= 15 is 0 Å². The number of hydrogen-bond donors (Lipinski definition) is 0. The average molecular weight is 297 g/mol. The quantitative estimate of drug-likeness (QED) is 0.654. The molecule has 0 spiro atoms. The predicted octanol–water partition coefficient (Wildman–Crippen LogP) is 3.19. The number of benzene rings is 1. The number of nitrogens with zero attached hydrogens (tertiary/aromatic N) is 2. The van der Waals surface area contributed by atoms with Crippen molar-refractivity contribution in [3.8, 4) is 0 Å². The van der Waals surface area contributed by atoms with E-state index in [-0.39, 0.29) is 5.78 Å². The van der Waals surface area contributed by atoms with Crippen molar-refractivity contribution in [3.05, 3.63) is 34.9 Å². The first kappa shape index (κ1) is 17.2. The molecule has 0 atom stereocenters. The van der Waals surface area contributed by atoms with E-state index in [4.69, 9.17) is 11.6 Å². The molecule has 0 aliphatic heterocycles. The van der Waals surface area contributed by atoms with Gasteiger partial charge in [0, 0.05) is 36.6 Å². The van der Waals surface area contributed by atoms with Crippen LogP contribution in [0.4, 0.5) is 0 Å². The topological polar surface area (TPSA) is 23.6 Å². The molecule has 0 saturated carbocycles. The molecule has 0 heterocycles. The highest BCUT2D eigenvalue weighted by molar-refractivity contribution is 6.30. The summed E-state index contributed by atoms with van der Waals surface area (Å²) >= 11 is 5.83. The highest BCUT2D eigenvalue weighted by Gasteiger charge is 2.10. The standard InChI is InChI=1S/C16H25ClN2O/c1-4-10-19(13-12-18(2)3)11-9-16(20)14-5-7-15(17)8-6-14/h5-8H,4,9-13H2,1-3H3. The van der Waals surface area contributed by atoms with Gasteiger partial charge in [-0.3, -0.25) is 4.79 Å². The third-order valence-electron chi connectivity index (χ3n) is 3.22. The first-order chi connectivity index (χ1) is 9.52. The van der Waals surface area contributed by atoms with Crippen molar-refractivity contribution in [2.24, 2.45) is 0 Å². The van der Waals surface area contributed by atoms with Gasteiger partial charge < -0.3 is 9.80 Å². The maximum atomic E-state index is 12.1. The van der Waals surface area contributed by atoms with Gasteiger partial charge in [-0.15, -0.1) is 0 Å². The summed E-state index contributed by atoms with van der Waals surface area (Å²) in [4.78, 5) is 16.6. The van der Waals surface area contributed by atoms with Gasteiger partial charge in [-0.25, -0.2) is 0 Å². The molecule has 1 rings (SSSR count). The van der Waals surface area contributed by atoms with Crippen molar-refractivity contribution < 1.29 is 4.79 Å².